The quantitative estimate of drug-likeness (QED) is 0.170. The van der Waals surface area contributed by atoms with E-state index in [-0.39, 0.29) is 18.3 Å². The van der Waals surface area contributed by atoms with E-state index in [9.17, 15) is 4.79 Å². The lowest BCUT2D eigenvalue weighted by molar-refractivity contribution is -0.113. The number of amides is 1. The molecule has 5 aromatic rings. The van der Waals surface area contributed by atoms with Gasteiger partial charge in [0.05, 0.1) is 5.75 Å². The molecule has 1 amide bonds. The SMILES string of the molecule is Cc1cc(OCc2nnc(SCC(=O)Nc3ccc(OCc4ccccc4)cc3)n2-c2ccccc2)ccc1Cl. The third-order valence-electron chi connectivity index (χ3n) is 5.93. The molecule has 202 valence electrons. The van der Waals surface area contributed by atoms with Crippen LogP contribution in [0, 0.1) is 6.92 Å². The summed E-state index contributed by atoms with van der Waals surface area (Å²) < 4.78 is 13.7. The summed E-state index contributed by atoms with van der Waals surface area (Å²) in [4.78, 5) is 12.8. The van der Waals surface area contributed by atoms with E-state index in [0.29, 0.717) is 34.0 Å². The van der Waals surface area contributed by atoms with Gasteiger partial charge in [-0.15, -0.1) is 10.2 Å². The van der Waals surface area contributed by atoms with Crippen molar-refractivity contribution in [2.75, 3.05) is 11.1 Å². The van der Waals surface area contributed by atoms with Crippen LogP contribution in [0.1, 0.15) is 17.0 Å². The number of thioether (sulfide) groups is 1. The Kier molecular flexibility index (Phi) is 9.00. The van der Waals surface area contributed by atoms with Crippen molar-refractivity contribution in [3.63, 3.8) is 0 Å². The molecule has 9 heteroatoms. The largest absolute Gasteiger partial charge is 0.489 e. The molecule has 1 N–H and O–H groups in total. The van der Waals surface area contributed by atoms with Crippen molar-refractivity contribution in [2.24, 2.45) is 0 Å². The molecule has 0 saturated heterocycles. The molecule has 0 fully saturated rings. The van der Waals surface area contributed by atoms with Crippen LogP contribution < -0.4 is 14.8 Å². The first-order chi connectivity index (χ1) is 19.5. The average Bonchev–Trinajstić information content (AvgIpc) is 3.40. The van der Waals surface area contributed by atoms with E-state index in [0.717, 1.165) is 22.6 Å². The smallest absolute Gasteiger partial charge is 0.234 e. The Morgan fingerprint density at radius 2 is 1.52 bits per heavy atom. The number of carbonyl (C=O) groups is 1. The Balaban J connectivity index is 1.20. The number of nitrogens with one attached hydrogen (secondary N) is 1. The van der Waals surface area contributed by atoms with Crippen molar-refractivity contribution in [3.8, 4) is 17.2 Å². The van der Waals surface area contributed by atoms with Crippen LogP contribution in [0.5, 0.6) is 11.5 Å². The lowest BCUT2D eigenvalue weighted by Crippen LogP contribution is -2.14. The number of aromatic nitrogens is 3. The number of benzene rings is 4. The molecule has 7 nitrogen and oxygen atoms in total. The van der Waals surface area contributed by atoms with Gasteiger partial charge in [-0.05, 0) is 72.6 Å². The monoisotopic (exact) mass is 570 g/mol. The van der Waals surface area contributed by atoms with Crippen LogP contribution in [0.15, 0.2) is 108 Å². The normalized spacial score (nSPS) is 10.8. The number of para-hydroxylation sites is 1. The molecule has 0 bridgehead atoms. The van der Waals surface area contributed by atoms with Gasteiger partial charge in [-0.2, -0.15) is 0 Å². The van der Waals surface area contributed by atoms with Gasteiger partial charge in [0.2, 0.25) is 5.91 Å². The summed E-state index contributed by atoms with van der Waals surface area (Å²) in [6.45, 7) is 2.61. The zero-order valence-corrected chi connectivity index (χ0v) is 23.4. The van der Waals surface area contributed by atoms with E-state index in [1.54, 1.807) is 6.07 Å². The minimum absolute atomic E-state index is 0.153. The highest BCUT2D eigenvalue weighted by Crippen LogP contribution is 2.25. The number of hydrogen-bond donors (Lipinski definition) is 1. The highest BCUT2D eigenvalue weighted by molar-refractivity contribution is 7.99. The van der Waals surface area contributed by atoms with Crippen molar-refractivity contribution >= 4 is 35.0 Å². The molecule has 4 aromatic carbocycles. The molecule has 0 atom stereocenters. The summed E-state index contributed by atoms with van der Waals surface area (Å²) in [5.41, 5.74) is 3.59. The van der Waals surface area contributed by atoms with Crippen molar-refractivity contribution in [1.82, 2.24) is 14.8 Å². The van der Waals surface area contributed by atoms with Gasteiger partial charge in [0.25, 0.3) is 0 Å². The van der Waals surface area contributed by atoms with E-state index in [1.807, 2.05) is 109 Å². The topological polar surface area (TPSA) is 78.3 Å². The Morgan fingerprint density at radius 1 is 0.850 bits per heavy atom. The summed E-state index contributed by atoms with van der Waals surface area (Å²) in [6.07, 6.45) is 0. The van der Waals surface area contributed by atoms with Crippen molar-refractivity contribution < 1.29 is 14.3 Å². The van der Waals surface area contributed by atoms with Gasteiger partial charge >= 0.3 is 0 Å². The van der Waals surface area contributed by atoms with Gasteiger partial charge in [0, 0.05) is 16.4 Å². The third kappa shape index (κ3) is 7.22. The summed E-state index contributed by atoms with van der Waals surface area (Å²) in [5, 5.41) is 12.9. The van der Waals surface area contributed by atoms with Crippen LogP contribution in [0.4, 0.5) is 5.69 Å². The van der Waals surface area contributed by atoms with E-state index >= 15 is 0 Å². The second-order valence-corrected chi connectivity index (χ2v) is 10.3. The average molecular weight is 571 g/mol. The molecule has 0 spiro atoms. The number of anilines is 1. The van der Waals surface area contributed by atoms with Crippen LogP contribution in [0.2, 0.25) is 5.02 Å². The maximum absolute atomic E-state index is 12.8. The molecule has 0 aliphatic carbocycles. The fourth-order valence-corrected chi connectivity index (χ4v) is 4.77. The van der Waals surface area contributed by atoms with E-state index in [2.05, 4.69) is 15.5 Å². The number of carbonyl (C=O) groups excluding carboxylic acids is 1. The fourth-order valence-electron chi connectivity index (χ4n) is 3.88. The Labute approximate surface area is 242 Å². The van der Waals surface area contributed by atoms with Gasteiger partial charge in [-0.3, -0.25) is 9.36 Å². The predicted molar refractivity (Wildman–Crippen MR) is 158 cm³/mol. The number of aryl methyl sites for hydroxylation is 1. The number of halogens is 1. The summed E-state index contributed by atoms with van der Waals surface area (Å²) >= 11 is 7.44. The van der Waals surface area contributed by atoms with Gasteiger partial charge in [0.15, 0.2) is 11.0 Å². The second-order valence-electron chi connectivity index (χ2n) is 8.90. The Morgan fingerprint density at radius 3 is 2.25 bits per heavy atom. The minimum Gasteiger partial charge on any atom is -0.489 e. The Hall–Kier alpha value is -4.27. The molecule has 1 heterocycles. The van der Waals surface area contributed by atoms with Crippen LogP contribution in [0.3, 0.4) is 0 Å². The van der Waals surface area contributed by atoms with Crippen LogP contribution in [-0.4, -0.2) is 26.4 Å². The molecule has 0 aliphatic rings. The zero-order valence-electron chi connectivity index (χ0n) is 21.8. The number of ether oxygens (including phenoxy) is 2. The van der Waals surface area contributed by atoms with Gasteiger partial charge < -0.3 is 14.8 Å². The molecule has 40 heavy (non-hydrogen) atoms. The van der Waals surface area contributed by atoms with E-state index < -0.39 is 0 Å². The summed E-state index contributed by atoms with van der Waals surface area (Å²) in [6, 6.07) is 32.5. The standard InChI is InChI=1S/C31H27ClN4O3S/c1-22-18-27(16-17-28(22)32)39-20-29-34-35-31(36(29)25-10-6-3-7-11-25)40-21-30(37)33-24-12-14-26(15-13-24)38-19-23-8-4-2-5-9-23/h2-18H,19-21H2,1H3,(H,33,37). The molecule has 0 saturated carbocycles. The Bertz CT molecular complexity index is 1560. The zero-order chi connectivity index (χ0) is 27.7. The molecule has 5 rings (SSSR count). The number of rotatable bonds is 11. The first-order valence-corrected chi connectivity index (χ1v) is 14.0. The van der Waals surface area contributed by atoms with Crippen LogP contribution >= 0.6 is 23.4 Å². The van der Waals surface area contributed by atoms with Crippen LogP contribution in [0.25, 0.3) is 5.69 Å². The lowest BCUT2D eigenvalue weighted by Gasteiger charge is -2.12. The first kappa shape index (κ1) is 27.3. The summed E-state index contributed by atoms with van der Waals surface area (Å²) in [5.74, 6) is 2.05. The van der Waals surface area contributed by atoms with E-state index in [1.165, 1.54) is 11.8 Å². The maximum atomic E-state index is 12.8. The fraction of sp³-hybridized carbons (Fsp3) is 0.129. The van der Waals surface area contributed by atoms with Gasteiger partial charge in [-0.25, -0.2) is 0 Å². The van der Waals surface area contributed by atoms with Crippen molar-refractivity contribution in [2.45, 2.75) is 25.3 Å². The second kappa shape index (κ2) is 13.2. The molecular formula is C31H27ClN4O3S. The predicted octanol–water partition coefficient (Wildman–Crippen LogP) is 7.12. The lowest BCUT2D eigenvalue weighted by atomic mass is 10.2. The minimum atomic E-state index is -0.153. The first-order valence-electron chi connectivity index (χ1n) is 12.6. The van der Waals surface area contributed by atoms with Gasteiger partial charge in [0.1, 0.15) is 24.7 Å². The van der Waals surface area contributed by atoms with Crippen molar-refractivity contribution in [1.29, 1.82) is 0 Å². The highest BCUT2D eigenvalue weighted by Gasteiger charge is 2.17. The molecule has 0 radical (unpaired) electrons. The summed E-state index contributed by atoms with van der Waals surface area (Å²) in [7, 11) is 0. The molecule has 0 aliphatic heterocycles. The number of nitrogens with zero attached hydrogens (tertiary/aromatic N) is 3. The molecular weight excluding hydrogens is 544 g/mol. The molecule has 1 aromatic heterocycles. The van der Waals surface area contributed by atoms with E-state index in [4.69, 9.17) is 21.1 Å². The maximum Gasteiger partial charge on any atom is 0.234 e. The van der Waals surface area contributed by atoms with Crippen LogP contribution in [-0.2, 0) is 18.0 Å². The molecule has 0 unspecified atom stereocenters. The highest BCUT2D eigenvalue weighted by atomic mass is 35.5. The third-order valence-corrected chi connectivity index (χ3v) is 7.28. The number of hydrogen-bond acceptors (Lipinski definition) is 6. The van der Waals surface area contributed by atoms with Gasteiger partial charge in [-0.1, -0.05) is 71.9 Å². The van der Waals surface area contributed by atoms with Crippen molar-refractivity contribution in [3.05, 3.63) is 125 Å².